The minimum absolute atomic E-state index is 0.0927. The maximum absolute atomic E-state index is 11.7. The fraction of sp³-hybridized carbons (Fsp3) is 0.438. The number of carboxylic acid groups (broad SMARTS) is 1. The summed E-state index contributed by atoms with van der Waals surface area (Å²) >= 11 is 9.74. The van der Waals surface area contributed by atoms with Crippen LogP contribution >= 0.6 is 36.6 Å². The standard InChI is InChI=1S/C9H15NO3S.C7H6N2S2/c1-6(5-14)8(11)10-4-2-3-7(10)9(12)13;8-4-1-2-6-5(3-4)9-7(10)11-6/h6-7,14H,2-5H2,1H3,(H,12,13);1-3H,8H2,(H,9,10)/t6-,7+;/m1./s1. The van der Waals surface area contributed by atoms with Gasteiger partial charge in [-0.1, -0.05) is 6.92 Å². The second-order valence-corrected chi connectivity index (χ2v) is 7.96. The number of carbonyl (C=O) groups excluding carboxylic acids is 1. The number of benzene rings is 1. The van der Waals surface area contributed by atoms with E-state index < -0.39 is 12.0 Å². The van der Waals surface area contributed by atoms with Gasteiger partial charge in [-0.2, -0.15) is 12.6 Å². The number of anilines is 1. The average Bonchev–Trinajstić information content (AvgIpc) is 3.19. The molecule has 2 atom stereocenters. The van der Waals surface area contributed by atoms with Crippen LogP contribution in [0.4, 0.5) is 5.69 Å². The quantitative estimate of drug-likeness (QED) is 0.470. The molecule has 9 heteroatoms. The molecule has 3 rings (SSSR count). The molecule has 0 unspecified atom stereocenters. The van der Waals surface area contributed by atoms with Gasteiger partial charge in [0.25, 0.3) is 0 Å². The van der Waals surface area contributed by atoms with Crippen LogP contribution in [0.2, 0.25) is 0 Å². The first-order chi connectivity index (χ1) is 11.8. The van der Waals surface area contributed by atoms with Crippen LogP contribution in [0.15, 0.2) is 22.5 Å². The summed E-state index contributed by atoms with van der Waals surface area (Å²) in [6.07, 6.45) is 1.35. The summed E-state index contributed by atoms with van der Waals surface area (Å²) in [5.41, 5.74) is 7.25. The number of carboxylic acids is 1. The largest absolute Gasteiger partial charge is 0.480 e. The number of thiol groups is 2. The van der Waals surface area contributed by atoms with Crippen molar-refractivity contribution in [3.05, 3.63) is 18.2 Å². The number of hydrogen-bond acceptors (Lipinski definition) is 7. The molecule has 2 heterocycles. The molecule has 0 radical (unpaired) electrons. The van der Waals surface area contributed by atoms with Gasteiger partial charge in [-0.25, -0.2) is 9.78 Å². The van der Waals surface area contributed by atoms with Crippen LogP contribution < -0.4 is 5.73 Å². The van der Waals surface area contributed by atoms with Gasteiger partial charge in [-0.15, -0.1) is 24.0 Å². The van der Waals surface area contributed by atoms with Gasteiger partial charge in [-0.05, 0) is 31.0 Å². The fourth-order valence-corrected chi connectivity index (χ4v) is 3.83. The summed E-state index contributed by atoms with van der Waals surface area (Å²) in [7, 11) is 0. The van der Waals surface area contributed by atoms with Gasteiger partial charge < -0.3 is 15.7 Å². The van der Waals surface area contributed by atoms with E-state index in [1.807, 2.05) is 18.2 Å². The molecule has 2 aromatic rings. The Bertz CT molecular complexity index is 765. The average molecular weight is 400 g/mol. The van der Waals surface area contributed by atoms with Gasteiger partial charge in [0.15, 0.2) is 0 Å². The Morgan fingerprint density at radius 1 is 1.52 bits per heavy atom. The van der Waals surface area contributed by atoms with Crippen molar-refractivity contribution in [2.24, 2.45) is 5.92 Å². The third-order valence-corrected chi connectivity index (χ3v) is 5.68. The lowest BCUT2D eigenvalue weighted by Gasteiger charge is -2.24. The maximum Gasteiger partial charge on any atom is 0.326 e. The van der Waals surface area contributed by atoms with E-state index in [9.17, 15) is 9.59 Å². The number of nitrogens with two attached hydrogens (primary N) is 1. The smallest absolute Gasteiger partial charge is 0.326 e. The Labute approximate surface area is 161 Å². The van der Waals surface area contributed by atoms with Crippen LogP contribution in [0.25, 0.3) is 10.2 Å². The zero-order chi connectivity index (χ0) is 18.6. The van der Waals surface area contributed by atoms with Crippen LogP contribution in [0.3, 0.4) is 0 Å². The van der Waals surface area contributed by atoms with Crippen molar-refractivity contribution >= 4 is 64.4 Å². The van der Waals surface area contributed by atoms with Gasteiger partial charge in [0.2, 0.25) is 5.91 Å². The van der Waals surface area contributed by atoms with Crippen LogP contribution in [0, 0.1) is 5.92 Å². The lowest BCUT2D eigenvalue weighted by molar-refractivity contribution is -0.149. The SMILES string of the molecule is C[C@H](CS)C(=O)N1CCC[C@H]1C(=O)O.Nc1ccc2sc(S)nc2c1. The van der Waals surface area contributed by atoms with Crippen molar-refractivity contribution in [1.29, 1.82) is 0 Å². The van der Waals surface area contributed by atoms with Gasteiger partial charge in [0.1, 0.15) is 10.4 Å². The number of hydrogen-bond donors (Lipinski definition) is 4. The summed E-state index contributed by atoms with van der Waals surface area (Å²) in [4.78, 5) is 28.2. The zero-order valence-corrected chi connectivity index (χ0v) is 16.4. The topological polar surface area (TPSA) is 96.5 Å². The first-order valence-corrected chi connectivity index (χ1v) is 9.72. The number of aliphatic carboxylic acids is 1. The van der Waals surface area contributed by atoms with E-state index >= 15 is 0 Å². The first kappa shape index (κ1) is 19.9. The van der Waals surface area contributed by atoms with Crippen molar-refractivity contribution < 1.29 is 14.7 Å². The zero-order valence-electron chi connectivity index (χ0n) is 13.8. The molecule has 0 saturated carbocycles. The molecular formula is C16H21N3O3S3. The molecule has 1 aliphatic rings. The minimum Gasteiger partial charge on any atom is -0.480 e. The molecule has 6 nitrogen and oxygen atoms in total. The molecule has 3 N–H and O–H groups in total. The summed E-state index contributed by atoms with van der Waals surface area (Å²) in [5, 5.41) is 8.87. The molecule has 1 fully saturated rings. The predicted octanol–water partition coefficient (Wildman–Crippen LogP) is 2.80. The van der Waals surface area contributed by atoms with Crippen molar-refractivity contribution in [2.75, 3.05) is 18.0 Å². The minimum atomic E-state index is -0.901. The Morgan fingerprint density at radius 3 is 2.88 bits per heavy atom. The van der Waals surface area contributed by atoms with E-state index in [-0.39, 0.29) is 11.8 Å². The molecule has 1 aromatic heterocycles. The van der Waals surface area contributed by atoms with E-state index in [4.69, 9.17) is 10.8 Å². The molecule has 0 aliphatic carbocycles. The molecule has 1 aromatic carbocycles. The van der Waals surface area contributed by atoms with Crippen LogP contribution in [-0.2, 0) is 9.59 Å². The van der Waals surface area contributed by atoms with E-state index in [0.29, 0.717) is 18.7 Å². The second-order valence-electron chi connectivity index (χ2n) is 5.84. The molecule has 1 amide bonds. The Morgan fingerprint density at radius 2 is 2.24 bits per heavy atom. The van der Waals surface area contributed by atoms with E-state index in [1.165, 1.54) is 4.90 Å². The lowest BCUT2D eigenvalue weighted by atomic mass is 10.1. The summed E-state index contributed by atoms with van der Waals surface area (Å²) < 4.78 is 1.91. The maximum atomic E-state index is 11.7. The molecule has 0 bridgehead atoms. The summed E-state index contributed by atoms with van der Waals surface area (Å²) in [5.74, 6) is -0.729. The highest BCUT2D eigenvalue weighted by Gasteiger charge is 2.35. The highest BCUT2D eigenvalue weighted by Crippen LogP contribution is 2.25. The number of thiazole rings is 1. The van der Waals surface area contributed by atoms with Gasteiger partial charge >= 0.3 is 5.97 Å². The Kier molecular flexibility index (Phi) is 6.97. The third-order valence-electron chi connectivity index (χ3n) is 3.92. The number of fused-ring (bicyclic) bond motifs is 1. The van der Waals surface area contributed by atoms with Crippen molar-refractivity contribution in [2.45, 2.75) is 30.1 Å². The second kappa shape index (κ2) is 8.77. The highest BCUT2D eigenvalue weighted by molar-refractivity contribution is 7.83. The molecular weight excluding hydrogens is 378 g/mol. The number of nitrogen functional groups attached to an aromatic ring is 1. The van der Waals surface area contributed by atoms with Crippen LogP contribution in [0.5, 0.6) is 0 Å². The van der Waals surface area contributed by atoms with E-state index in [0.717, 1.165) is 26.7 Å². The number of carbonyl (C=O) groups is 2. The van der Waals surface area contributed by atoms with Crippen molar-refractivity contribution in [3.63, 3.8) is 0 Å². The number of aromatic nitrogens is 1. The summed E-state index contributed by atoms with van der Waals surface area (Å²) in [6, 6.07) is 5.06. The molecule has 1 saturated heterocycles. The Hall–Kier alpha value is -1.45. The van der Waals surface area contributed by atoms with Gasteiger partial charge in [0.05, 0.1) is 10.2 Å². The van der Waals surface area contributed by atoms with Gasteiger partial charge in [0, 0.05) is 23.9 Å². The predicted molar refractivity (Wildman–Crippen MR) is 107 cm³/mol. The van der Waals surface area contributed by atoms with E-state index in [2.05, 4.69) is 30.2 Å². The molecule has 25 heavy (non-hydrogen) atoms. The highest BCUT2D eigenvalue weighted by atomic mass is 32.2. The number of likely N-dealkylation sites (tertiary alicyclic amines) is 1. The number of rotatable bonds is 3. The first-order valence-electron chi connectivity index (χ1n) is 7.82. The lowest BCUT2D eigenvalue weighted by Crippen LogP contribution is -2.43. The normalized spacial score (nSPS) is 17.9. The summed E-state index contributed by atoms with van der Waals surface area (Å²) in [6.45, 7) is 2.33. The Balaban J connectivity index is 0.000000185. The van der Waals surface area contributed by atoms with Gasteiger partial charge in [-0.3, -0.25) is 4.79 Å². The number of nitrogens with zero attached hydrogens (tertiary/aromatic N) is 2. The third kappa shape index (κ3) is 5.02. The van der Waals surface area contributed by atoms with Crippen LogP contribution in [-0.4, -0.2) is 45.2 Å². The molecule has 0 spiro atoms. The van der Waals surface area contributed by atoms with Crippen molar-refractivity contribution in [1.82, 2.24) is 9.88 Å². The van der Waals surface area contributed by atoms with E-state index in [1.54, 1.807) is 18.3 Å². The van der Waals surface area contributed by atoms with Crippen LogP contribution in [0.1, 0.15) is 19.8 Å². The number of amides is 1. The fourth-order valence-electron chi connectivity index (χ4n) is 2.58. The molecule has 1 aliphatic heterocycles. The monoisotopic (exact) mass is 399 g/mol. The van der Waals surface area contributed by atoms with Crippen molar-refractivity contribution in [3.8, 4) is 0 Å². The molecule has 136 valence electrons.